The Morgan fingerprint density at radius 1 is 1.05 bits per heavy atom. The van der Waals surface area contributed by atoms with Gasteiger partial charge in [-0.15, -0.1) is 0 Å². The fourth-order valence-corrected chi connectivity index (χ4v) is 2.27. The molecule has 1 N–H and O–H groups in total. The van der Waals surface area contributed by atoms with Crippen molar-refractivity contribution < 1.29 is 4.39 Å². The van der Waals surface area contributed by atoms with Gasteiger partial charge in [0.2, 0.25) is 0 Å². The lowest BCUT2D eigenvalue weighted by atomic mass is 10.1. The molecule has 21 heavy (non-hydrogen) atoms. The van der Waals surface area contributed by atoms with Gasteiger partial charge in [0, 0.05) is 32.4 Å². The van der Waals surface area contributed by atoms with Crippen molar-refractivity contribution in [2.24, 2.45) is 0 Å². The van der Waals surface area contributed by atoms with Crippen molar-refractivity contribution in [3.8, 4) is 0 Å². The van der Waals surface area contributed by atoms with E-state index in [0.29, 0.717) is 6.42 Å². The fraction of sp³-hybridized carbons (Fsp3) is 0.333. The average Bonchev–Trinajstić information content (AvgIpc) is 2.48. The molecule has 0 heterocycles. The van der Waals surface area contributed by atoms with Crippen LogP contribution in [0.3, 0.4) is 0 Å². The molecule has 0 amide bonds. The summed E-state index contributed by atoms with van der Waals surface area (Å²) >= 11 is 0. The van der Waals surface area contributed by atoms with Gasteiger partial charge in [-0.2, -0.15) is 0 Å². The molecule has 2 aromatic rings. The predicted octanol–water partition coefficient (Wildman–Crippen LogP) is 3.61. The van der Waals surface area contributed by atoms with Crippen LogP contribution in [0.2, 0.25) is 0 Å². The molecule has 2 nitrogen and oxygen atoms in total. The Balaban J connectivity index is 1.86. The molecule has 0 saturated heterocycles. The van der Waals surface area contributed by atoms with E-state index in [1.54, 1.807) is 6.07 Å². The monoisotopic (exact) mass is 286 g/mol. The molecule has 0 spiro atoms. The van der Waals surface area contributed by atoms with Gasteiger partial charge in [-0.05, 0) is 42.7 Å². The van der Waals surface area contributed by atoms with E-state index in [9.17, 15) is 4.39 Å². The largest absolute Gasteiger partial charge is 0.378 e. The Kier molecular flexibility index (Phi) is 5.34. The van der Waals surface area contributed by atoms with Crippen LogP contribution in [-0.4, -0.2) is 20.1 Å². The summed E-state index contributed by atoms with van der Waals surface area (Å²) in [5.41, 5.74) is 3.19. The number of hydrogen-bond donors (Lipinski definition) is 1. The summed E-state index contributed by atoms with van der Waals surface area (Å²) in [6.45, 7) is 2.88. The molecule has 0 aliphatic carbocycles. The normalized spacial score (nSPS) is 12.2. The zero-order chi connectivity index (χ0) is 15.2. The van der Waals surface area contributed by atoms with Crippen LogP contribution < -0.4 is 10.2 Å². The molecule has 0 bridgehead atoms. The maximum absolute atomic E-state index is 13.6. The van der Waals surface area contributed by atoms with E-state index < -0.39 is 0 Å². The summed E-state index contributed by atoms with van der Waals surface area (Å²) in [4.78, 5) is 2.08. The maximum Gasteiger partial charge on any atom is 0.126 e. The van der Waals surface area contributed by atoms with Gasteiger partial charge >= 0.3 is 0 Å². The van der Waals surface area contributed by atoms with Crippen LogP contribution >= 0.6 is 0 Å². The highest BCUT2D eigenvalue weighted by molar-refractivity contribution is 5.45. The lowest BCUT2D eigenvalue weighted by Gasteiger charge is -2.16. The number of rotatable bonds is 6. The van der Waals surface area contributed by atoms with Crippen molar-refractivity contribution in [1.29, 1.82) is 0 Å². The minimum absolute atomic E-state index is 0.124. The van der Waals surface area contributed by atoms with Gasteiger partial charge in [0.25, 0.3) is 0 Å². The third kappa shape index (κ3) is 4.57. The molecule has 0 aromatic heterocycles. The van der Waals surface area contributed by atoms with Crippen LogP contribution in [0.15, 0.2) is 48.5 Å². The molecule has 2 rings (SSSR count). The zero-order valence-electron chi connectivity index (χ0n) is 12.9. The minimum atomic E-state index is -0.124. The summed E-state index contributed by atoms with van der Waals surface area (Å²) < 4.78 is 13.6. The summed E-state index contributed by atoms with van der Waals surface area (Å²) in [6, 6.07) is 15.7. The minimum Gasteiger partial charge on any atom is -0.378 e. The second-order valence-electron chi connectivity index (χ2n) is 5.64. The fourth-order valence-electron chi connectivity index (χ4n) is 2.27. The lowest BCUT2D eigenvalue weighted by Crippen LogP contribution is -2.27. The number of anilines is 1. The van der Waals surface area contributed by atoms with Gasteiger partial charge < -0.3 is 10.2 Å². The van der Waals surface area contributed by atoms with E-state index in [0.717, 1.165) is 12.1 Å². The zero-order valence-corrected chi connectivity index (χ0v) is 12.9. The van der Waals surface area contributed by atoms with Gasteiger partial charge in [-0.25, -0.2) is 4.39 Å². The summed E-state index contributed by atoms with van der Waals surface area (Å²) in [7, 11) is 4.06. The Hall–Kier alpha value is -1.87. The summed E-state index contributed by atoms with van der Waals surface area (Å²) in [5, 5.41) is 3.44. The number of halogens is 1. The molecule has 0 saturated carbocycles. The van der Waals surface area contributed by atoms with Crippen LogP contribution in [0, 0.1) is 5.82 Å². The standard InChI is InChI=1S/C18H23FN2/c1-14(12-16-6-4-5-7-18(16)19)20-13-15-8-10-17(11-9-15)21(2)3/h4-11,14,20H,12-13H2,1-3H3. The highest BCUT2D eigenvalue weighted by Gasteiger charge is 2.07. The van der Waals surface area contributed by atoms with E-state index in [2.05, 4.69) is 41.4 Å². The molecule has 0 radical (unpaired) electrons. The number of hydrogen-bond acceptors (Lipinski definition) is 2. The first-order chi connectivity index (χ1) is 10.1. The first-order valence-electron chi connectivity index (χ1n) is 7.29. The third-order valence-corrected chi connectivity index (χ3v) is 3.59. The quantitative estimate of drug-likeness (QED) is 0.872. The van der Waals surface area contributed by atoms with Crippen molar-refractivity contribution in [2.45, 2.75) is 25.9 Å². The second-order valence-corrected chi connectivity index (χ2v) is 5.64. The topological polar surface area (TPSA) is 15.3 Å². The average molecular weight is 286 g/mol. The van der Waals surface area contributed by atoms with Gasteiger partial charge in [-0.3, -0.25) is 0 Å². The number of nitrogens with one attached hydrogen (secondary N) is 1. The van der Waals surface area contributed by atoms with Crippen molar-refractivity contribution in [3.63, 3.8) is 0 Å². The molecule has 0 fully saturated rings. The van der Waals surface area contributed by atoms with Crippen molar-refractivity contribution in [1.82, 2.24) is 5.32 Å². The maximum atomic E-state index is 13.6. The molecular formula is C18H23FN2. The SMILES string of the molecule is CC(Cc1ccccc1F)NCc1ccc(N(C)C)cc1. The molecule has 1 unspecified atom stereocenters. The van der Waals surface area contributed by atoms with E-state index in [4.69, 9.17) is 0 Å². The van der Waals surface area contributed by atoms with Gasteiger partial charge in [0.1, 0.15) is 5.82 Å². The van der Waals surface area contributed by atoms with Crippen molar-refractivity contribution >= 4 is 5.69 Å². The van der Waals surface area contributed by atoms with Crippen LogP contribution in [0.4, 0.5) is 10.1 Å². The third-order valence-electron chi connectivity index (χ3n) is 3.59. The summed E-state index contributed by atoms with van der Waals surface area (Å²) in [5.74, 6) is -0.124. The van der Waals surface area contributed by atoms with Crippen LogP contribution in [-0.2, 0) is 13.0 Å². The van der Waals surface area contributed by atoms with Crippen LogP contribution in [0.25, 0.3) is 0 Å². The van der Waals surface area contributed by atoms with E-state index in [-0.39, 0.29) is 11.9 Å². The Labute approximate surface area is 126 Å². The lowest BCUT2D eigenvalue weighted by molar-refractivity contribution is 0.526. The summed E-state index contributed by atoms with van der Waals surface area (Å²) in [6.07, 6.45) is 0.697. The molecule has 0 aliphatic heterocycles. The van der Waals surface area contributed by atoms with E-state index in [1.165, 1.54) is 17.3 Å². The number of nitrogens with zero attached hydrogens (tertiary/aromatic N) is 1. The molecule has 112 valence electrons. The first kappa shape index (κ1) is 15.5. The molecule has 2 aromatic carbocycles. The predicted molar refractivity (Wildman–Crippen MR) is 87.2 cm³/mol. The highest BCUT2D eigenvalue weighted by atomic mass is 19.1. The van der Waals surface area contributed by atoms with Crippen LogP contribution in [0.5, 0.6) is 0 Å². The molecule has 0 aliphatic rings. The Morgan fingerprint density at radius 2 is 1.71 bits per heavy atom. The van der Waals surface area contributed by atoms with Crippen molar-refractivity contribution in [3.05, 3.63) is 65.5 Å². The first-order valence-corrected chi connectivity index (χ1v) is 7.29. The Bertz CT molecular complexity index is 564. The smallest absolute Gasteiger partial charge is 0.126 e. The van der Waals surface area contributed by atoms with Crippen LogP contribution in [0.1, 0.15) is 18.1 Å². The highest BCUT2D eigenvalue weighted by Crippen LogP contribution is 2.13. The van der Waals surface area contributed by atoms with E-state index in [1.807, 2.05) is 26.2 Å². The molecular weight excluding hydrogens is 263 g/mol. The number of benzene rings is 2. The van der Waals surface area contributed by atoms with E-state index >= 15 is 0 Å². The second kappa shape index (κ2) is 7.23. The molecule has 1 atom stereocenters. The van der Waals surface area contributed by atoms with Crippen molar-refractivity contribution in [2.75, 3.05) is 19.0 Å². The van der Waals surface area contributed by atoms with Gasteiger partial charge in [-0.1, -0.05) is 30.3 Å². The van der Waals surface area contributed by atoms with Gasteiger partial charge in [0.05, 0.1) is 0 Å². The molecule has 3 heteroatoms. The van der Waals surface area contributed by atoms with Gasteiger partial charge in [0.15, 0.2) is 0 Å². The Morgan fingerprint density at radius 3 is 2.33 bits per heavy atom.